The minimum atomic E-state index is -0.720. The van der Waals surface area contributed by atoms with E-state index in [-0.39, 0.29) is 0 Å². The molecule has 0 aliphatic carbocycles. The van der Waals surface area contributed by atoms with Crippen LogP contribution in [0.3, 0.4) is 0 Å². The smallest absolute Gasteiger partial charge is 0.495 e. The first-order valence-electron chi connectivity index (χ1n) is 8.99. The van der Waals surface area contributed by atoms with Crippen LogP contribution < -0.4 is 10.3 Å². The van der Waals surface area contributed by atoms with E-state index in [0.29, 0.717) is 22.4 Å². The quantitative estimate of drug-likeness (QED) is 0.753. The second kappa shape index (κ2) is 6.24. The summed E-state index contributed by atoms with van der Waals surface area (Å²) in [6.07, 6.45) is 1.09. The Labute approximate surface area is 160 Å². The molecule has 0 spiro atoms. The van der Waals surface area contributed by atoms with Crippen LogP contribution in [0, 0.1) is 0 Å². The second-order valence-electron chi connectivity index (χ2n) is 8.75. The lowest BCUT2D eigenvalue weighted by Crippen LogP contribution is -2.43. The van der Waals surface area contributed by atoms with Gasteiger partial charge in [-0.2, -0.15) is 0 Å². The van der Waals surface area contributed by atoms with E-state index in [1.165, 1.54) is 4.57 Å². The Bertz CT molecular complexity index is 866. The van der Waals surface area contributed by atoms with Gasteiger partial charge in [0.2, 0.25) is 0 Å². The van der Waals surface area contributed by atoms with Crippen molar-refractivity contribution in [2.24, 2.45) is 0 Å². The van der Waals surface area contributed by atoms with Gasteiger partial charge in [-0.15, -0.1) is 0 Å². The van der Waals surface area contributed by atoms with Crippen LogP contribution in [0.2, 0.25) is 0 Å². The summed E-state index contributed by atoms with van der Waals surface area (Å²) >= 11 is 0. The summed E-state index contributed by atoms with van der Waals surface area (Å²) in [4.78, 5) is 17.4. The van der Waals surface area contributed by atoms with Crippen LogP contribution in [0.1, 0.15) is 48.5 Å². The molecule has 1 saturated heterocycles. The van der Waals surface area contributed by atoms with E-state index < -0.39 is 30.0 Å². The molecule has 1 aliphatic heterocycles. The third-order valence-electron chi connectivity index (χ3n) is 4.96. The molecule has 0 amide bonds. The van der Waals surface area contributed by atoms with E-state index in [9.17, 15) is 4.79 Å². The monoisotopic (exact) mass is 374 g/mol. The van der Waals surface area contributed by atoms with Gasteiger partial charge in [0.1, 0.15) is 11.4 Å². The maximum atomic E-state index is 13.0. The maximum absolute atomic E-state index is 13.0. The predicted molar refractivity (Wildman–Crippen MR) is 104 cm³/mol. The number of methoxy groups -OCH3 is 1. The fourth-order valence-corrected chi connectivity index (χ4v) is 2.84. The Morgan fingerprint density at radius 3 is 2.26 bits per heavy atom. The highest BCUT2D eigenvalue weighted by atomic mass is 16.7. The fraction of sp³-hybridized carbons (Fsp3) is 0.579. The summed E-state index contributed by atoms with van der Waals surface area (Å²) in [6, 6.07) is 3.54. The minimum absolute atomic E-state index is 0.516. The number of carbonyl (C=O) groups excluding carboxylic acids is 1. The van der Waals surface area contributed by atoms with Crippen LogP contribution in [0.4, 0.5) is 4.79 Å². The summed E-state index contributed by atoms with van der Waals surface area (Å²) in [5.41, 5.74) is 0.0433. The molecule has 0 unspecified atom stereocenters. The third kappa shape index (κ3) is 3.56. The van der Waals surface area contributed by atoms with Crippen molar-refractivity contribution >= 4 is 29.8 Å². The molecule has 0 aromatic carbocycles. The van der Waals surface area contributed by atoms with Crippen molar-refractivity contribution in [3.05, 3.63) is 18.3 Å². The Hall–Kier alpha value is -2.06. The zero-order valence-electron chi connectivity index (χ0n) is 17.2. The van der Waals surface area contributed by atoms with Crippen molar-refractivity contribution < 1.29 is 23.6 Å². The van der Waals surface area contributed by atoms with E-state index in [2.05, 4.69) is 4.98 Å². The molecule has 7 nitrogen and oxygen atoms in total. The summed E-state index contributed by atoms with van der Waals surface area (Å²) < 4.78 is 24.6. The molecule has 3 heterocycles. The van der Waals surface area contributed by atoms with Crippen molar-refractivity contribution in [2.75, 3.05) is 7.11 Å². The lowest BCUT2D eigenvalue weighted by molar-refractivity contribution is 0.00578. The molecule has 0 atom stereocenters. The van der Waals surface area contributed by atoms with Crippen LogP contribution in [0.15, 0.2) is 18.3 Å². The van der Waals surface area contributed by atoms with Crippen molar-refractivity contribution in [1.29, 1.82) is 0 Å². The van der Waals surface area contributed by atoms with Crippen LogP contribution in [-0.4, -0.2) is 46.7 Å². The highest BCUT2D eigenvalue weighted by Gasteiger charge is 2.53. The molecule has 0 N–H and O–H groups in total. The first-order valence-corrected chi connectivity index (χ1v) is 8.99. The number of ether oxygens (including phenoxy) is 2. The summed E-state index contributed by atoms with van der Waals surface area (Å²) in [6.45, 7) is 13.3. The van der Waals surface area contributed by atoms with E-state index in [4.69, 9.17) is 18.8 Å². The molecule has 0 saturated carbocycles. The number of rotatable bonds is 2. The van der Waals surface area contributed by atoms with Gasteiger partial charge in [0, 0.05) is 6.07 Å². The lowest BCUT2D eigenvalue weighted by atomic mass is 9.84. The van der Waals surface area contributed by atoms with Crippen LogP contribution in [0.25, 0.3) is 11.0 Å². The molecule has 1 fully saturated rings. The van der Waals surface area contributed by atoms with Gasteiger partial charge < -0.3 is 18.8 Å². The highest BCUT2D eigenvalue weighted by Crippen LogP contribution is 2.37. The molecule has 1 aliphatic rings. The molecule has 8 heteroatoms. The van der Waals surface area contributed by atoms with E-state index in [0.717, 1.165) is 0 Å². The van der Waals surface area contributed by atoms with Gasteiger partial charge in [0.15, 0.2) is 0 Å². The molecule has 2 aromatic heterocycles. The van der Waals surface area contributed by atoms with Crippen LogP contribution >= 0.6 is 0 Å². The maximum Gasteiger partial charge on any atom is 0.513 e. The average Bonchev–Trinajstić information content (AvgIpc) is 2.99. The van der Waals surface area contributed by atoms with Crippen molar-refractivity contribution in [3.63, 3.8) is 0 Å². The fourth-order valence-electron chi connectivity index (χ4n) is 2.84. The number of hydrogen-bond acceptors (Lipinski definition) is 6. The topological polar surface area (TPSA) is 71.8 Å². The summed E-state index contributed by atoms with van der Waals surface area (Å²) in [5, 5.41) is 0. The Morgan fingerprint density at radius 1 is 1.15 bits per heavy atom. The zero-order valence-corrected chi connectivity index (χ0v) is 17.2. The van der Waals surface area contributed by atoms with E-state index in [1.54, 1.807) is 25.4 Å². The SMILES string of the molecule is COc1cnc2cc(B3OC(C)(C)C(C)(C)O3)n(C(=O)OC(C)(C)C)c2c1. The third-order valence-corrected chi connectivity index (χ3v) is 4.96. The molecule has 2 aromatic rings. The van der Waals surface area contributed by atoms with Gasteiger partial charge in [-0.1, -0.05) is 0 Å². The summed E-state index contributed by atoms with van der Waals surface area (Å²) in [5.74, 6) is 0.547. The lowest BCUT2D eigenvalue weighted by Gasteiger charge is -2.32. The highest BCUT2D eigenvalue weighted by molar-refractivity contribution is 6.62. The Balaban J connectivity index is 2.15. The standard InChI is InChI=1S/C19H27BN2O5/c1-17(2,3)25-16(23)22-14-9-12(24-8)11-21-13(14)10-15(22)20-26-18(4,5)19(6,7)27-20/h9-11H,1-8H3. The number of aromatic nitrogens is 2. The molecular weight excluding hydrogens is 347 g/mol. The van der Waals surface area contributed by atoms with Gasteiger partial charge >= 0.3 is 13.2 Å². The molecule has 0 radical (unpaired) electrons. The van der Waals surface area contributed by atoms with Crippen LogP contribution in [0.5, 0.6) is 5.75 Å². The van der Waals surface area contributed by atoms with Gasteiger partial charge in [-0.3, -0.25) is 9.55 Å². The Kier molecular flexibility index (Phi) is 4.55. The molecule has 0 bridgehead atoms. The van der Waals surface area contributed by atoms with Crippen molar-refractivity contribution in [3.8, 4) is 5.75 Å². The normalized spacial score (nSPS) is 18.7. The van der Waals surface area contributed by atoms with Gasteiger partial charge in [0.25, 0.3) is 0 Å². The first-order chi connectivity index (χ1) is 12.3. The molecular formula is C19H27BN2O5. The van der Waals surface area contributed by atoms with E-state index >= 15 is 0 Å². The zero-order chi connectivity index (χ0) is 20.2. The molecule has 27 heavy (non-hydrogen) atoms. The largest absolute Gasteiger partial charge is 0.513 e. The average molecular weight is 374 g/mol. The van der Waals surface area contributed by atoms with E-state index in [1.807, 2.05) is 48.5 Å². The van der Waals surface area contributed by atoms with Crippen LogP contribution in [-0.2, 0) is 14.0 Å². The number of hydrogen-bond donors (Lipinski definition) is 0. The predicted octanol–water partition coefficient (Wildman–Crippen LogP) is 3.13. The molecule has 3 rings (SSSR count). The number of pyridine rings is 1. The molecule has 146 valence electrons. The van der Waals surface area contributed by atoms with Crippen molar-refractivity contribution in [1.82, 2.24) is 9.55 Å². The number of fused-ring (bicyclic) bond motifs is 1. The van der Waals surface area contributed by atoms with Crippen molar-refractivity contribution in [2.45, 2.75) is 65.3 Å². The Morgan fingerprint density at radius 2 is 1.74 bits per heavy atom. The van der Waals surface area contributed by atoms with Gasteiger partial charge in [0.05, 0.1) is 41.1 Å². The minimum Gasteiger partial charge on any atom is -0.495 e. The second-order valence-corrected chi connectivity index (χ2v) is 8.75. The van der Waals surface area contributed by atoms with Gasteiger partial charge in [-0.25, -0.2) is 4.79 Å². The van der Waals surface area contributed by atoms with Gasteiger partial charge in [-0.05, 0) is 54.5 Å². The first kappa shape index (κ1) is 19.7. The number of carbonyl (C=O) groups is 1. The summed E-state index contributed by atoms with van der Waals surface area (Å²) in [7, 11) is 0.835. The number of nitrogens with zero attached hydrogens (tertiary/aromatic N) is 2.